The fourth-order valence-corrected chi connectivity index (χ4v) is 2.69. The molecule has 2 unspecified atom stereocenters. The zero-order valence-electron chi connectivity index (χ0n) is 12.3. The molecular formula is C16H24N2O2. The van der Waals surface area contributed by atoms with Crippen LogP contribution in [0, 0.1) is 0 Å². The molecule has 0 bridgehead atoms. The fourth-order valence-electron chi connectivity index (χ4n) is 2.69. The molecule has 0 radical (unpaired) electrons. The predicted octanol–water partition coefficient (Wildman–Crippen LogP) is 2.32. The molecular weight excluding hydrogens is 252 g/mol. The van der Waals surface area contributed by atoms with Crippen molar-refractivity contribution in [2.24, 2.45) is 5.73 Å². The average molecular weight is 276 g/mol. The van der Waals surface area contributed by atoms with E-state index in [1.807, 2.05) is 25.1 Å². The number of carbonyl (C=O) groups excluding carboxylic acids is 1. The second-order valence-corrected chi connectivity index (χ2v) is 5.55. The van der Waals surface area contributed by atoms with E-state index in [-0.39, 0.29) is 24.6 Å². The van der Waals surface area contributed by atoms with Gasteiger partial charge in [-0.3, -0.25) is 4.79 Å². The standard InChI is InChI=1S/C16H24N2O2/c1-3-4-11(2)18-16(19)10-20-13-6-7-14-12(9-13)5-8-15(14)17/h6-7,9,11,15H,3-5,8,10,17H2,1-2H3,(H,18,19). The Labute approximate surface area is 120 Å². The minimum absolute atomic E-state index is 0.0665. The molecule has 2 atom stereocenters. The van der Waals surface area contributed by atoms with E-state index in [9.17, 15) is 4.79 Å². The Morgan fingerprint density at radius 2 is 2.35 bits per heavy atom. The quantitative estimate of drug-likeness (QED) is 0.838. The van der Waals surface area contributed by atoms with Crippen LogP contribution < -0.4 is 15.8 Å². The van der Waals surface area contributed by atoms with Crippen molar-refractivity contribution in [2.45, 2.75) is 51.6 Å². The Balaban J connectivity index is 1.84. The number of nitrogens with two attached hydrogens (primary N) is 1. The fraction of sp³-hybridized carbons (Fsp3) is 0.562. The molecule has 0 saturated heterocycles. The molecule has 0 saturated carbocycles. The summed E-state index contributed by atoms with van der Waals surface area (Å²) in [6, 6.07) is 6.27. The van der Waals surface area contributed by atoms with Gasteiger partial charge in [0.1, 0.15) is 5.75 Å². The Morgan fingerprint density at radius 3 is 3.10 bits per heavy atom. The van der Waals surface area contributed by atoms with Gasteiger partial charge in [0.15, 0.2) is 6.61 Å². The number of fused-ring (bicyclic) bond motifs is 1. The molecule has 1 aliphatic carbocycles. The van der Waals surface area contributed by atoms with E-state index < -0.39 is 0 Å². The molecule has 110 valence electrons. The van der Waals surface area contributed by atoms with Crippen molar-refractivity contribution in [3.05, 3.63) is 29.3 Å². The first-order valence-electron chi connectivity index (χ1n) is 7.40. The van der Waals surface area contributed by atoms with Crippen molar-refractivity contribution in [1.82, 2.24) is 5.32 Å². The van der Waals surface area contributed by atoms with E-state index in [4.69, 9.17) is 10.5 Å². The Kier molecular flexibility index (Phi) is 5.01. The van der Waals surface area contributed by atoms with Gasteiger partial charge in [-0.2, -0.15) is 0 Å². The Morgan fingerprint density at radius 1 is 1.55 bits per heavy atom. The topological polar surface area (TPSA) is 64.3 Å². The summed E-state index contributed by atoms with van der Waals surface area (Å²) in [6.07, 6.45) is 4.04. The third-order valence-corrected chi connectivity index (χ3v) is 3.74. The number of carbonyl (C=O) groups is 1. The van der Waals surface area contributed by atoms with Gasteiger partial charge in [0.2, 0.25) is 0 Å². The van der Waals surface area contributed by atoms with Crippen LogP contribution in [0.3, 0.4) is 0 Å². The van der Waals surface area contributed by atoms with Crippen LogP contribution in [0.1, 0.15) is 50.3 Å². The first-order valence-corrected chi connectivity index (χ1v) is 7.40. The highest BCUT2D eigenvalue weighted by atomic mass is 16.5. The van der Waals surface area contributed by atoms with Crippen molar-refractivity contribution in [3.63, 3.8) is 0 Å². The summed E-state index contributed by atoms with van der Waals surface area (Å²) in [5.41, 5.74) is 8.45. The number of hydrogen-bond acceptors (Lipinski definition) is 3. The summed E-state index contributed by atoms with van der Waals surface area (Å²) in [5.74, 6) is 0.680. The number of nitrogens with one attached hydrogen (secondary N) is 1. The summed E-state index contributed by atoms with van der Waals surface area (Å²) >= 11 is 0. The molecule has 1 amide bonds. The summed E-state index contributed by atoms with van der Waals surface area (Å²) in [6.45, 7) is 4.19. The maximum Gasteiger partial charge on any atom is 0.258 e. The van der Waals surface area contributed by atoms with Crippen molar-refractivity contribution in [2.75, 3.05) is 6.61 Å². The highest BCUT2D eigenvalue weighted by molar-refractivity contribution is 5.77. The van der Waals surface area contributed by atoms with Gasteiger partial charge in [0.05, 0.1) is 0 Å². The van der Waals surface area contributed by atoms with E-state index in [1.165, 1.54) is 11.1 Å². The van der Waals surface area contributed by atoms with Gasteiger partial charge in [-0.15, -0.1) is 0 Å². The third-order valence-electron chi connectivity index (χ3n) is 3.74. The molecule has 3 N–H and O–H groups in total. The zero-order valence-corrected chi connectivity index (χ0v) is 12.3. The minimum Gasteiger partial charge on any atom is -0.484 e. The predicted molar refractivity (Wildman–Crippen MR) is 79.7 cm³/mol. The minimum atomic E-state index is -0.0665. The van der Waals surface area contributed by atoms with Crippen LogP contribution in [0.4, 0.5) is 0 Å². The first-order chi connectivity index (χ1) is 9.60. The van der Waals surface area contributed by atoms with Crippen LogP contribution in [0.15, 0.2) is 18.2 Å². The van der Waals surface area contributed by atoms with Gasteiger partial charge in [0, 0.05) is 12.1 Å². The molecule has 4 nitrogen and oxygen atoms in total. The number of rotatable bonds is 6. The van der Waals surface area contributed by atoms with Gasteiger partial charge in [-0.1, -0.05) is 19.4 Å². The van der Waals surface area contributed by atoms with Gasteiger partial charge < -0.3 is 15.8 Å². The lowest BCUT2D eigenvalue weighted by Gasteiger charge is -2.13. The van der Waals surface area contributed by atoms with E-state index in [2.05, 4.69) is 12.2 Å². The Hall–Kier alpha value is -1.55. The van der Waals surface area contributed by atoms with Crippen LogP contribution in [0.5, 0.6) is 5.75 Å². The second kappa shape index (κ2) is 6.75. The van der Waals surface area contributed by atoms with Gasteiger partial charge >= 0.3 is 0 Å². The SMILES string of the molecule is CCCC(C)NC(=O)COc1ccc2c(c1)CCC2N. The molecule has 4 heteroatoms. The summed E-state index contributed by atoms with van der Waals surface area (Å²) in [5, 5.41) is 2.93. The average Bonchev–Trinajstić information content (AvgIpc) is 2.78. The summed E-state index contributed by atoms with van der Waals surface area (Å²) in [7, 11) is 0. The van der Waals surface area contributed by atoms with Crippen molar-refractivity contribution in [1.29, 1.82) is 0 Å². The second-order valence-electron chi connectivity index (χ2n) is 5.55. The van der Waals surface area contributed by atoms with E-state index in [0.717, 1.165) is 31.4 Å². The van der Waals surface area contributed by atoms with Crippen LogP contribution in [-0.2, 0) is 11.2 Å². The molecule has 0 heterocycles. The van der Waals surface area contributed by atoms with Crippen molar-refractivity contribution >= 4 is 5.91 Å². The van der Waals surface area contributed by atoms with Crippen LogP contribution in [0.2, 0.25) is 0 Å². The number of amides is 1. The monoisotopic (exact) mass is 276 g/mol. The maximum atomic E-state index is 11.7. The van der Waals surface area contributed by atoms with E-state index in [1.54, 1.807) is 0 Å². The van der Waals surface area contributed by atoms with Crippen LogP contribution in [-0.4, -0.2) is 18.6 Å². The smallest absolute Gasteiger partial charge is 0.258 e. The van der Waals surface area contributed by atoms with Gasteiger partial charge in [-0.25, -0.2) is 0 Å². The lowest BCUT2D eigenvalue weighted by molar-refractivity contribution is -0.123. The molecule has 2 rings (SSSR count). The molecule has 1 aliphatic rings. The summed E-state index contributed by atoms with van der Waals surface area (Å²) in [4.78, 5) is 11.7. The highest BCUT2D eigenvalue weighted by Gasteiger charge is 2.19. The van der Waals surface area contributed by atoms with Crippen molar-refractivity contribution < 1.29 is 9.53 Å². The first kappa shape index (κ1) is 14.9. The van der Waals surface area contributed by atoms with Crippen LogP contribution >= 0.6 is 0 Å². The highest BCUT2D eigenvalue weighted by Crippen LogP contribution is 2.31. The third kappa shape index (κ3) is 3.73. The summed E-state index contributed by atoms with van der Waals surface area (Å²) < 4.78 is 5.55. The molecule has 1 aromatic rings. The lowest BCUT2D eigenvalue weighted by Crippen LogP contribution is -2.35. The number of aryl methyl sites for hydroxylation is 1. The van der Waals surface area contributed by atoms with E-state index in [0.29, 0.717) is 0 Å². The molecule has 20 heavy (non-hydrogen) atoms. The molecule has 0 aromatic heterocycles. The molecule has 0 fully saturated rings. The lowest BCUT2D eigenvalue weighted by atomic mass is 10.1. The van der Waals surface area contributed by atoms with Gasteiger partial charge in [0.25, 0.3) is 5.91 Å². The Bertz CT molecular complexity index is 474. The van der Waals surface area contributed by atoms with Crippen molar-refractivity contribution in [3.8, 4) is 5.75 Å². The normalized spacial score (nSPS) is 18.4. The molecule has 0 aliphatic heterocycles. The van der Waals surface area contributed by atoms with Crippen LogP contribution in [0.25, 0.3) is 0 Å². The maximum absolute atomic E-state index is 11.7. The zero-order chi connectivity index (χ0) is 14.5. The number of hydrogen-bond donors (Lipinski definition) is 2. The van der Waals surface area contributed by atoms with Gasteiger partial charge in [-0.05, 0) is 49.4 Å². The largest absolute Gasteiger partial charge is 0.484 e. The molecule has 1 aromatic carbocycles. The van der Waals surface area contributed by atoms with E-state index >= 15 is 0 Å². The molecule has 0 spiro atoms. The number of ether oxygens (including phenoxy) is 1. The number of benzene rings is 1.